The number of benzene rings is 2. The fraction of sp³-hybridized carbons (Fsp3) is 0. The van der Waals surface area contributed by atoms with Gasteiger partial charge in [0.15, 0.2) is 0 Å². The van der Waals surface area contributed by atoms with Gasteiger partial charge in [-0.15, -0.1) is 0 Å². The summed E-state index contributed by atoms with van der Waals surface area (Å²) < 4.78 is 1.35. The topological polar surface area (TPSA) is 115 Å². The monoisotopic (exact) mass is 592 g/mol. The minimum atomic E-state index is -1.11. The molecular weight excluding hydrogens is 583 g/mol. The molecular formula is C14H10I2O6Zn. The normalized spacial score (nSPS) is 9.13. The van der Waals surface area contributed by atoms with Gasteiger partial charge in [0, 0.05) is 23.0 Å². The van der Waals surface area contributed by atoms with Gasteiger partial charge in [-0.2, -0.15) is 0 Å². The van der Waals surface area contributed by atoms with E-state index in [4.69, 9.17) is 15.3 Å². The molecule has 0 amide bonds. The third-order valence-corrected chi connectivity index (χ3v) is 3.84. The van der Waals surface area contributed by atoms with E-state index < -0.39 is 11.9 Å². The Morgan fingerprint density at radius 2 is 1.39 bits per heavy atom. The Kier molecular flexibility index (Phi) is 9.63. The van der Waals surface area contributed by atoms with Crippen LogP contribution >= 0.6 is 45.2 Å². The fourth-order valence-corrected chi connectivity index (χ4v) is 3.23. The van der Waals surface area contributed by atoms with Crippen molar-refractivity contribution in [3.63, 3.8) is 0 Å². The Balaban J connectivity index is 0.000000409. The number of carboxylic acids is 2. The van der Waals surface area contributed by atoms with Crippen molar-refractivity contribution < 1.29 is 49.5 Å². The molecule has 0 unspecified atom stereocenters. The van der Waals surface area contributed by atoms with Crippen molar-refractivity contribution in [1.29, 1.82) is 0 Å². The molecule has 0 saturated heterocycles. The van der Waals surface area contributed by atoms with Crippen molar-refractivity contribution in [2.45, 2.75) is 0 Å². The molecule has 0 heterocycles. The first kappa shape index (κ1) is 22.1. The van der Waals surface area contributed by atoms with E-state index in [-0.39, 0.29) is 42.1 Å². The molecule has 0 atom stereocenters. The molecule has 0 saturated carbocycles. The Morgan fingerprint density at radius 1 is 0.870 bits per heavy atom. The van der Waals surface area contributed by atoms with E-state index >= 15 is 0 Å². The van der Waals surface area contributed by atoms with Crippen LogP contribution in [0.15, 0.2) is 36.4 Å². The third-order valence-electron chi connectivity index (χ3n) is 2.39. The molecule has 2 rings (SSSR count). The molecule has 6 nitrogen and oxygen atoms in total. The average molecular weight is 593 g/mol. The van der Waals surface area contributed by atoms with Crippen LogP contribution < -0.4 is 0 Å². The Labute approximate surface area is 171 Å². The molecule has 23 heavy (non-hydrogen) atoms. The van der Waals surface area contributed by atoms with E-state index in [1.165, 1.54) is 18.2 Å². The van der Waals surface area contributed by atoms with Gasteiger partial charge in [0.2, 0.25) is 0 Å². The molecule has 0 fully saturated rings. The van der Waals surface area contributed by atoms with Gasteiger partial charge in [0.25, 0.3) is 0 Å². The Bertz CT molecular complexity index is 720. The summed E-state index contributed by atoms with van der Waals surface area (Å²) in [7, 11) is 0. The zero-order valence-electron chi connectivity index (χ0n) is 11.5. The van der Waals surface area contributed by atoms with Crippen molar-refractivity contribution in [1.82, 2.24) is 0 Å². The number of rotatable bonds is 2. The predicted octanol–water partition coefficient (Wildman–Crippen LogP) is 3.39. The molecule has 0 aliphatic carbocycles. The Morgan fingerprint density at radius 3 is 1.83 bits per heavy atom. The van der Waals surface area contributed by atoms with Crippen LogP contribution in [0, 0.1) is 7.14 Å². The molecule has 118 valence electrons. The number of hydrogen-bond donors (Lipinski definition) is 4. The van der Waals surface area contributed by atoms with Crippen molar-refractivity contribution in [2.75, 3.05) is 0 Å². The van der Waals surface area contributed by atoms with E-state index in [0.717, 1.165) is 3.57 Å². The first-order chi connectivity index (χ1) is 10.2. The molecule has 0 aromatic heterocycles. The van der Waals surface area contributed by atoms with Gasteiger partial charge in [-0.1, -0.05) is 12.1 Å². The van der Waals surface area contributed by atoms with Gasteiger partial charge in [-0.25, -0.2) is 9.59 Å². The van der Waals surface area contributed by atoms with Crippen molar-refractivity contribution in [2.24, 2.45) is 0 Å². The van der Waals surface area contributed by atoms with Crippen LogP contribution in [0.5, 0.6) is 11.5 Å². The van der Waals surface area contributed by atoms with Crippen LogP contribution in [0.1, 0.15) is 20.7 Å². The maximum absolute atomic E-state index is 10.6. The second-order valence-corrected chi connectivity index (χ2v) is 6.32. The van der Waals surface area contributed by atoms with Crippen LogP contribution in [0.3, 0.4) is 0 Å². The summed E-state index contributed by atoms with van der Waals surface area (Å²) in [6.45, 7) is 0. The summed E-state index contributed by atoms with van der Waals surface area (Å²) in [6.07, 6.45) is 0. The number of phenols is 2. The molecule has 0 spiro atoms. The van der Waals surface area contributed by atoms with Crippen LogP contribution in [0.25, 0.3) is 0 Å². The van der Waals surface area contributed by atoms with Crippen LogP contribution in [-0.2, 0) is 19.5 Å². The van der Waals surface area contributed by atoms with Gasteiger partial charge in [0.05, 0.1) is 3.57 Å². The summed E-state index contributed by atoms with van der Waals surface area (Å²) in [4.78, 5) is 20.8. The summed E-state index contributed by atoms with van der Waals surface area (Å²) in [5, 5.41) is 35.3. The zero-order valence-corrected chi connectivity index (χ0v) is 18.8. The standard InChI is InChI=1S/C7H4I2O3.C7H6O3.Zn/c8-3-1-4(7(11)12)6(10)5(9)2-3;8-6-4-2-1-3-5(6)7(9)10;/h1-2,10H,(H,11,12);1-4,8H,(H,9,10);. The second kappa shape index (κ2) is 10.0. The summed E-state index contributed by atoms with van der Waals surface area (Å²) in [5.41, 5.74) is -0.117. The average Bonchev–Trinajstić information content (AvgIpc) is 2.43. The predicted molar refractivity (Wildman–Crippen MR) is 95.6 cm³/mol. The van der Waals surface area contributed by atoms with Gasteiger partial charge in [-0.05, 0) is 69.4 Å². The van der Waals surface area contributed by atoms with Gasteiger partial charge < -0.3 is 20.4 Å². The SMILES string of the molecule is O=C(O)c1cc(I)cc(I)c1O.O=C(O)c1ccccc1O.[Zn]. The molecule has 4 N–H and O–H groups in total. The van der Waals surface area contributed by atoms with E-state index in [2.05, 4.69) is 0 Å². The van der Waals surface area contributed by atoms with Crippen molar-refractivity contribution in [3.05, 3.63) is 54.7 Å². The zero-order chi connectivity index (χ0) is 16.9. The smallest absolute Gasteiger partial charge is 0.339 e. The maximum atomic E-state index is 10.6. The summed E-state index contributed by atoms with van der Waals surface area (Å²) in [5.74, 6) is -2.58. The van der Waals surface area contributed by atoms with Crippen LogP contribution in [0.4, 0.5) is 0 Å². The third kappa shape index (κ3) is 6.60. The van der Waals surface area contributed by atoms with Gasteiger partial charge >= 0.3 is 11.9 Å². The number of carboxylic acid groups (broad SMARTS) is 2. The van der Waals surface area contributed by atoms with E-state index in [0.29, 0.717) is 3.57 Å². The molecule has 0 bridgehead atoms. The van der Waals surface area contributed by atoms with Gasteiger partial charge in [-0.3, -0.25) is 0 Å². The minimum absolute atomic E-state index is 0. The largest absolute Gasteiger partial charge is 0.507 e. The quantitative estimate of drug-likeness (QED) is 0.314. The number of aromatic hydroxyl groups is 2. The molecule has 0 aliphatic heterocycles. The molecule has 0 aliphatic rings. The maximum Gasteiger partial charge on any atom is 0.339 e. The van der Waals surface area contributed by atoms with E-state index in [1.807, 2.05) is 45.2 Å². The van der Waals surface area contributed by atoms with Crippen LogP contribution in [-0.4, -0.2) is 32.4 Å². The number of carbonyl (C=O) groups is 2. The second-order valence-electron chi connectivity index (χ2n) is 3.91. The molecule has 2 aromatic carbocycles. The number of hydrogen-bond acceptors (Lipinski definition) is 4. The summed E-state index contributed by atoms with van der Waals surface area (Å²) in [6, 6.07) is 8.95. The van der Waals surface area contributed by atoms with Crippen LogP contribution in [0.2, 0.25) is 0 Å². The fourth-order valence-electron chi connectivity index (χ4n) is 1.38. The Hall–Kier alpha value is -0.937. The first-order valence-electron chi connectivity index (χ1n) is 5.66. The number of aromatic carboxylic acids is 2. The summed E-state index contributed by atoms with van der Waals surface area (Å²) >= 11 is 3.89. The van der Waals surface area contributed by atoms with Gasteiger partial charge in [0.1, 0.15) is 22.6 Å². The number of halogens is 2. The van der Waals surface area contributed by atoms with E-state index in [9.17, 15) is 14.7 Å². The first-order valence-corrected chi connectivity index (χ1v) is 7.82. The minimum Gasteiger partial charge on any atom is -0.507 e. The molecule has 2 aromatic rings. The molecule has 0 radical (unpaired) electrons. The van der Waals surface area contributed by atoms with Crippen molar-refractivity contribution >= 4 is 57.1 Å². The molecule has 9 heteroatoms. The van der Waals surface area contributed by atoms with E-state index in [1.54, 1.807) is 18.2 Å². The number of para-hydroxylation sites is 1. The van der Waals surface area contributed by atoms with Crippen molar-refractivity contribution in [3.8, 4) is 11.5 Å².